The van der Waals surface area contributed by atoms with Crippen molar-refractivity contribution in [2.75, 3.05) is 18.4 Å². The van der Waals surface area contributed by atoms with Gasteiger partial charge in [-0.25, -0.2) is 13.2 Å². The van der Waals surface area contributed by atoms with Crippen LogP contribution in [0.25, 0.3) is 0 Å². The number of carbonyl (C=O) groups excluding carboxylic acids is 2. The predicted molar refractivity (Wildman–Crippen MR) is 121 cm³/mol. The molecule has 0 aromatic heterocycles. The van der Waals surface area contributed by atoms with Gasteiger partial charge in [0.05, 0.1) is 22.6 Å². The van der Waals surface area contributed by atoms with Gasteiger partial charge in [0, 0.05) is 16.3 Å². The molecular weight excluding hydrogens is 477 g/mol. The summed E-state index contributed by atoms with van der Waals surface area (Å²) in [6, 6.07) is 15.8. The van der Waals surface area contributed by atoms with Crippen LogP contribution in [0.5, 0.6) is 5.75 Å². The van der Waals surface area contributed by atoms with Crippen molar-refractivity contribution in [2.24, 2.45) is 0 Å². The molecule has 0 fully saturated rings. The number of hydrogen-bond donors (Lipinski definition) is 1. The average Bonchev–Trinajstić information content (AvgIpc) is 2.77. The number of esters is 1. The number of benzene rings is 3. The van der Waals surface area contributed by atoms with Crippen molar-refractivity contribution >= 4 is 50.7 Å². The smallest absolute Gasteiger partial charge is 0.338 e. The molecule has 1 N–H and O–H groups in total. The van der Waals surface area contributed by atoms with Crippen molar-refractivity contribution in [3.8, 4) is 5.75 Å². The fraction of sp³-hybridized carbons (Fsp3) is 0.0909. The van der Waals surface area contributed by atoms with Gasteiger partial charge >= 0.3 is 5.97 Å². The van der Waals surface area contributed by atoms with Crippen LogP contribution in [-0.4, -0.2) is 33.9 Å². The van der Waals surface area contributed by atoms with Crippen LogP contribution in [0.2, 0.25) is 10.0 Å². The fourth-order valence-electron chi connectivity index (χ4n) is 2.65. The lowest BCUT2D eigenvalue weighted by molar-refractivity contribution is 0.0474. The Morgan fingerprint density at radius 3 is 2.19 bits per heavy atom. The van der Waals surface area contributed by atoms with E-state index in [4.69, 9.17) is 32.7 Å². The van der Waals surface area contributed by atoms with Crippen molar-refractivity contribution < 1.29 is 27.5 Å². The number of hydrogen-bond acceptors (Lipinski definition) is 6. The molecule has 0 saturated carbocycles. The summed E-state index contributed by atoms with van der Waals surface area (Å²) in [5.74, 6) is -0.689. The summed E-state index contributed by atoms with van der Waals surface area (Å²) in [5.41, 5.74) is 0.618. The summed E-state index contributed by atoms with van der Waals surface area (Å²) >= 11 is 11.8. The van der Waals surface area contributed by atoms with Crippen LogP contribution in [0.15, 0.2) is 71.6 Å². The number of carbonyl (C=O) groups is 2. The molecule has 0 amide bonds. The molecule has 3 aromatic carbocycles. The van der Waals surface area contributed by atoms with E-state index in [1.165, 1.54) is 49.6 Å². The van der Waals surface area contributed by atoms with Gasteiger partial charge in [-0.15, -0.1) is 0 Å². The summed E-state index contributed by atoms with van der Waals surface area (Å²) in [4.78, 5) is 24.4. The van der Waals surface area contributed by atoms with E-state index in [1.807, 2.05) is 0 Å². The molecule has 0 radical (unpaired) electrons. The number of anilines is 1. The third kappa shape index (κ3) is 5.79. The normalized spacial score (nSPS) is 11.0. The predicted octanol–water partition coefficient (Wildman–Crippen LogP) is 4.84. The van der Waals surface area contributed by atoms with Gasteiger partial charge in [0.15, 0.2) is 6.61 Å². The second-order valence-corrected chi connectivity index (χ2v) is 9.01. The Morgan fingerprint density at radius 2 is 1.59 bits per heavy atom. The number of ether oxygens (including phenoxy) is 2. The molecule has 32 heavy (non-hydrogen) atoms. The first kappa shape index (κ1) is 23.6. The van der Waals surface area contributed by atoms with E-state index in [0.717, 1.165) is 0 Å². The van der Waals surface area contributed by atoms with Gasteiger partial charge < -0.3 is 9.47 Å². The van der Waals surface area contributed by atoms with E-state index < -0.39 is 28.4 Å². The molecule has 0 bridgehead atoms. The quantitative estimate of drug-likeness (QED) is 0.356. The molecular formula is C22H17Cl2NO6S. The third-order valence-electron chi connectivity index (χ3n) is 4.31. The molecule has 0 aliphatic carbocycles. The van der Waals surface area contributed by atoms with Crippen LogP contribution in [-0.2, 0) is 14.8 Å². The van der Waals surface area contributed by atoms with E-state index in [9.17, 15) is 18.0 Å². The van der Waals surface area contributed by atoms with E-state index in [-0.39, 0.29) is 21.0 Å². The topological polar surface area (TPSA) is 98.8 Å². The van der Waals surface area contributed by atoms with Gasteiger partial charge in [0.2, 0.25) is 5.78 Å². The van der Waals surface area contributed by atoms with Crippen molar-refractivity contribution in [3.05, 3.63) is 87.9 Å². The molecule has 0 unspecified atom stereocenters. The summed E-state index contributed by atoms with van der Waals surface area (Å²) in [5, 5.41) is 0.525. The molecule has 0 spiro atoms. The zero-order chi connectivity index (χ0) is 23.3. The summed E-state index contributed by atoms with van der Waals surface area (Å²) in [6.45, 7) is -0.529. The molecule has 0 aliphatic heterocycles. The first-order chi connectivity index (χ1) is 15.2. The molecule has 0 atom stereocenters. The Hall–Kier alpha value is -3.07. The van der Waals surface area contributed by atoms with Gasteiger partial charge in [-0.3, -0.25) is 9.52 Å². The number of rotatable bonds is 8. The van der Waals surface area contributed by atoms with Gasteiger partial charge in [-0.05, 0) is 66.7 Å². The minimum atomic E-state index is -3.87. The largest absolute Gasteiger partial charge is 0.497 e. The van der Waals surface area contributed by atoms with E-state index >= 15 is 0 Å². The van der Waals surface area contributed by atoms with Crippen LogP contribution in [0.1, 0.15) is 20.7 Å². The molecule has 7 nitrogen and oxygen atoms in total. The standard InChI is InChI=1S/C22H17Cl2NO6S/c1-30-17-7-5-16(6-8-17)25-32(28,29)18-9-2-14(3-10-18)22(27)31-13-21(26)19-11-4-15(23)12-20(19)24/h2-12,25H,13H2,1H3. The summed E-state index contributed by atoms with van der Waals surface area (Å²) in [6.07, 6.45) is 0. The molecule has 0 heterocycles. The Balaban J connectivity index is 1.63. The number of methoxy groups -OCH3 is 1. The third-order valence-corrected chi connectivity index (χ3v) is 6.25. The number of Topliss-reactive ketones (excluding diaryl/α,β-unsaturated/α-hetero) is 1. The van der Waals surface area contributed by atoms with E-state index in [1.54, 1.807) is 24.3 Å². The Kier molecular flexibility index (Phi) is 7.40. The van der Waals surface area contributed by atoms with Crippen molar-refractivity contribution in [1.82, 2.24) is 0 Å². The summed E-state index contributed by atoms with van der Waals surface area (Å²) < 4.78 is 37.6. The lowest BCUT2D eigenvalue weighted by Gasteiger charge is -2.10. The van der Waals surface area contributed by atoms with Crippen molar-refractivity contribution in [2.45, 2.75) is 4.90 Å². The van der Waals surface area contributed by atoms with Crippen LogP contribution in [0.3, 0.4) is 0 Å². The highest BCUT2D eigenvalue weighted by Crippen LogP contribution is 2.22. The zero-order valence-corrected chi connectivity index (χ0v) is 19.0. The lowest BCUT2D eigenvalue weighted by atomic mass is 10.1. The molecule has 0 aliphatic rings. The lowest BCUT2D eigenvalue weighted by Crippen LogP contribution is -2.15. The van der Waals surface area contributed by atoms with Crippen LogP contribution in [0, 0.1) is 0 Å². The fourth-order valence-corrected chi connectivity index (χ4v) is 4.22. The highest BCUT2D eigenvalue weighted by Gasteiger charge is 2.17. The zero-order valence-electron chi connectivity index (χ0n) is 16.7. The van der Waals surface area contributed by atoms with Crippen LogP contribution < -0.4 is 9.46 Å². The van der Waals surface area contributed by atoms with Gasteiger partial charge in [0.25, 0.3) is 10.0 Å². The van der Waals surface area contributed by atoms with Crippen LogP contribution in [0.4, 0.5) is 5.69 Å². The maximum Gasteiger partial charge on any atom is 0.338 e. The second-order valence-electron chi connectivity index (χ2n) is 6.48. The highest BCUT2D eigenvalue weighted by atomic mass is 35.5. The monoisotopic (exact) mass is 493 g/mol. The molecule has 166 valence electrons. The number of nitrogens with one attached hydrogen (secondary N) is 1. The Morgan fingerprint density at radius 1 is 0.938 bits per heavy atom. The second kappa shape index (κ2) is 10.0. The first-order valence-corrected chi connectivity index (χ1v) is 11.4. The van der Waals surface area contributed by atoms with E-state index in [2.05, 4.69) is 4.72 Å². The molecule has 3 rings (SSSR count). The summed E-state index contributed by atoms with van der Waals surface area (Å²) in [7, 11) is -2.36. The first-order valence-electron chi connectivity index (χ1n) is 9.12. The SMILES string of the molecule is COc1ccc(NS(=O)(=O)c2ccc(C(=O)OCC(=O)c3ccc(Cl)cc3Cl)cc2)cc1. The highest BCUT2D eigenvalue weighted by molar-refractivity contribution is 7.92. The Bertz CT molecular complexity index is 1240. The average molecular weight is 494 g/mol. The molecule has 3 aromatic rings. The Labute approximate surface area is 194 Å². The van der Waals surface area contributed by atoms with Gasteiger partial charge in [-0.1, -0.05) is 23.2 Å². The number of halogens is 2. The molecule has 10 heteroatoms. The maximum absolute atomic E-state index is 12.5. The number of ketones is 1. The van der Waals surface area contributed by atoms with Crippen molar-refractivity contribution in [3.63, 3.8) is 0 Å². The minimum absolute atomic E-state index is 0.0473. The number of sulfonamides is 1. The maximum atomic E-state index is 12.5. The van der Waals surface area contributed by atoms with E-state index in [0.29, 0.717) is 16.5 Å². The van der Waals surface area contributed by atoms with Crippen molar-refractivity contribution in [1.29, 1.82) is 0 Å². The van der Waals surface area contributed by atoms with Gasteiger partial charge in [0.1, 0.15) is 5.75 Å². The molecule has 0 saturated heterocycles. The van der Waals surface area contributed by atoms with Gasteiger partial charge in [-0.2, -0.15) is 0 Å². The van der Waals surface area contributed by atoms with Crippen LogP contribution >= 0.6 is 23.2 Å². The minimum Gasteiger partial charge on any atom is -0.497 e.